The number of amides is 2. The molecule has 5 rings (SSSR count). The zero-order chi connectivity index (χ0) is 29.5. The number of fused-ring (bicyclic) bond motifs is 2. The molecule has 42 heavy (non-hydrogen) atoms. The lowest BCUT2D eigenvalue weighted by Gasteiger charge is -2.23. The van der Waals surface area contributed by atoms with Gasteiger partial charge >= 0.3 is 5.97 Å². The lowest BCUT2D eigenvalue weighted by Crippen LogP contribution is -2.56. The Bertz CT molecular complexity index is 1680. The van der Waals surface area contributed by atoms with Crippen molar-refractivity contribution in [1.29, 1.82) is 0 Å². The summed E-state index contributed by atoms with van der Waals surface area (Å²) < 4.78 is 5.42. The van der Waals surface area contributed by atoms with E-state index >= 15 is 0 Å². The number of benzene rings is 3. The summed E-state index contributed by atoms with van der Waals surface area (Å²) in [5.41, 5.74) is 10.8. The maximum atomic E-state index is 13.6. The summed E-state index contributed by atoms with van der Waals surface area (Å²) in [6.07, 6.45) is 4.11. The molecule has 2 heterocycles. The van der Waals surface area contributed by atoms with E-state index < -0.39 is 35.9 Å². The number of ether oxygens (including phenoxy) is 1. The van der Waals surface area contributed by atoms with Crippen LogP contribution in [0.4, 0.5) is 0 Å². The van der Waals surface area contributed by atoms with Crippen molar-refractivity contribution in [2.24, 2.45) is 5.73 Å². The highest BCUT2D eigenvalue weighted by atomic mass is 32.1. The summed E-state index contributed by atoms with van der Waals surface area (Å²) in [5.74, 6) is -1.61. The minimum absolute atomic E-state index is 0.0210. The summed E-state index contributed by atoms with van der Waals surface area (Å²) in [5, 5.41) is 7.46. The normalized spacial score (nSPS) is 13.4. The van der Waals surface area contributed by atoms with Crippen molar-refractivity contribution in [2.45, 2.75) is 37.6 Å². The van der Waals surface area contributed by atoms with Gasteiger partial charge in [0.1, 0.15) is 18.7 Å². The molecule has 9 nitrogen and oxygen atoms in total. The molecule has 3 aromatic carbocycles. The predicted octanol–water partition coefficient (Wildman–Crippen LogP) is 3.40. The van der Waals surface area contributed by atoms with Crippen LogP contribution in [0.2, 0.25) is 0 Å². The number of hydrogen-bond donors (Lipinski definition) is 6. The topological polar surface area (TPSA) is 142 Å². The van der Waals surface area contributed by atoms with E-state index in [-0.39, 0.29) is 25.2 Å². The largest absolute Gasteiger partial charge is 0.459 e. The molecular formula is C32H33N5O4S. The monoisotopic (exact) mass is 583 g/mol. The Morgan fingerprint density at radius 3 is 1.90 bits per heavy atom. The Labute approximate surface area is 248 Å². The first-order chi connectivity index (χ1) is 20.4. The van der Waals surface area contributed by atoms with E-state index in [0.29, 0.717) is 0 Å². The number of nitrogens with two attached hydrogens (primary N) is 1. The average molecular weight is 584 g/mol. The Hall–Kier alpha value is -4.54. The molecule has 0 aliphatic heterocycles. The number of aromatic nitrogens is 2. The molecule has 0 unspecified atom stereocenters. The molecule has 6 N–H and O–H groups in total. The van der Waals surface area contributed by atoms with Crippen LogP contribution in [0.5, 0.6) is 0 Å². The maximum Gasteiger partial charge on any atom is 0.329 e. The van der Waals surface area contributed by atoms with E-state index in [1.807, 2.05) is 91.3 Å². The van der Waals surface area contributed by atoms with Crippen molar-refractivity contribution in [3.8, 4) is 0 Å². The second-order valence-electron chi connectivity index (χ2n) is 10.1. The average Bonchev–Trinajstić information content (AvgIpc) is 3.62. The fraction of sp³-hybridized carbons (Fsp3) is 0.219. The third kappa shape index (κ3) is 6.84. The van der Waals surface area contributed by atoms with E-state index in [1.54, 1.807) is 0 Å². The molecule has 0 spiro atoms. The summed E-state index contributed by atoms with van der Waals surface area (Å²) in [6, 6.07) is 21.8. The highest BCUT2D eigenvalue weighted by molar-refractivity contribution is 7.80. The van der Waals surface area contributed by atoms with E-state index in [4.69, 9.17) is 10.5 Å². The third-order valence-corrected chi connectivity index (χ3v) is 7.56. The predicted molar refractivity (Wildman–Crippen MR) is 166 cm³/mol. The summed E-state index contributed by atoms with van der Waals surface area (Å²) >= 11 is 4.27. The molecule has 3 atom stereocenters. The second-order valence-corrected chi connectivity index (χ2v) is 10.5. The molecule has 2 amide bonds. The van der Waals surface area contributed by atoms with Gasteiger partial charge in [0.25, 0.3) is 0 Å². The van der Waals surface area contributed by atoms with Crippen LogP contribution in [0.3, 0.4) is 0 Å². The van der Waals surface area contributed by atoms with Crippen LogP contribution in [-0.2, 0) is 38.6 Å². The van der Waals surface area contributed by atoms with E-state index in [1.165, 1.54) is 0 Å². The summed E-state index contributed by atoms with van der Waals surface area (Å²) in [6.45, 7) is 0.0675. The minimum atomic E-state index is -1.01. The van der Waals surface area contributed by atoms with Crippen molar-refractivity contribution in [1.82, 2.24) is 20.6 Å². The number of H-pyrrole nitrogens is 2. The van der Waals surface area contributed by atoms with Crippen LogP contribution < -0.4 is 16.4 Å². The van der Waals surface area contributed by atoms with Gasteiger partial charge in [0, 0.05) is 46.4 Å². The second kappa shape index (κ2) is 13.4. The molecular weight excluding hydrogens is 550 g/mol. The van der Waals surface area contributed by atoms with Crippen LogP contribution in [0.1, 0.15) is 16.7 Å². The number of esters is 1. The van der Waals surface area contributed by atoms with Gasteiger partial charge in [-0.2, -0.15) is 12.6 Å². The first-order valence-electron chi connectivity index (χ1n) is 13.7. The fourth-order valence-electron chi connectivity index (χ4n) is 4.92. The Kier molecular flexibility index (Phi) is 9.25. The smallest absolute Gasteiger partial charge is 0.329 e. The SMILES string of the molecule is N[C@@H](Cc1c[nH]c2ccccc12)C(=O)N[C@@H](Cc1c[nH]c2ccccc12)C(=O)N[C@@H](CS)C(=O)OCc1ccccc1. The van der Waals surface area contributed by atoms with Gasteiger partial charge in [0.05, 0.1) is 6.04 Å². The zero-order valence-corrected chi connectivity index (χ0v) is 23.8. The molecule has 0 radical (unpaired) electrons. The Morgan fingerprint density at radius 2 is 1.29 bits per heavy atom. The molecule has 2 aromatic heterocycles. The van der Waals surface area contributed by atoms with Crippen LogP contribution in [0.25, 0.3) is 21.8 Å². The number of hydrogen-bond acceptors (Lipinski definition) is 6. The number of nitrogens with one attached hydrogen (secondary N) is 4. The number of thiol groups is 1. The minimum Gasteiger partial charge on any atom is -0.459 e. The van der Waals surface area contributed by atoms with Gasteiger partial charge in [-0.05, 0) is 35.2 Å². The third-order valence-electron chi connectivity index (χ3n) is 7.19. The molecule has 0 fully saturated rings. The quantitative estimate of drug-likeness (QED) is 0.0986. The molecule has 0 aliphatic rings. The first kappa shape index (κ1) is 29.0. The van der Waals surface area contributed by atoms with Gasteiger partial charge in [-0.1, -0.05) is 66.7 Å². The molecule has 0 saturated heterocycles. The van der Waals surface area contributed by atoms with Gasteiger partial charge in [-0.15, -0.1) is 0 Å². The molecule has 0 aliphatic carbocycles. The van der Waals surface area contributed by atoms with Crippen LogP contribution in [0.15, 0.2) is 91.3 Å². The van der Waals surface area contributed by atoms with Crippen LogP contribution in [0, 0.1) is 0 Å². The maximum absolute atomic E-state index is 13.6. The van der Waals surface area contributed by atoms with Crippen molar-refractivity contribution in [2.75, 3.05) is 5.75 Å². The first-order valence-corrected chi connectivity index (χ1v) is 14.3. The number of carbonyl (C=O) groups is 3. The lowest BCUT2D eigenvalue weighted by molar-refractivity contribution is -0.148. The Balaban J connectivity index is 1.30. The summed E-state index contributed by atoms with van der Waals surface area (Å²) in [7, 11) is 0. The van der Waals surface area contributed by atoms with Crippen molar-refractivity contribution < 1.29 is 19.1 Å². The van der Waals surface area contributed by atoms with Crippen LogP contribution >= 0.6 is 12.6 Å². The molecule has 5 aromatic rings. The van der Waals surface area contributed by atoms with E-state index in [2.05, 4.69) is 33.2 Å². The fourth-order valence-corrected chi connectivity index (χ4v) is 5.16. The highest BCUT2D eigenvalue weighted by Crippen LogP contribution is 2.21. The highest BCUT2D eigenvalue weighted by Gasteiger charge is 2.29. The standard InChI is InChI=1S/C32H33N5O4S/c33-25(14-21-16-34-26-12-6-4-10-23(21)26)30(38)36-28(15-22-17-35-27-13-7-5-11-24(22)27)31(39)37-29(19-42)32(40)41-18-20-8-2-1-3-9-20/h1-13,16-17,25,28-29,34-35,42H,14-15,18-19,33H2,(H,36,38)(H,37,39)/t25-,28-,29-/m0/s1. The van der Waals surface area contributed by atoms with Gasteiger partial charge < -0.3 is 31.1 Å². The van der Waals surface area contributed by atoms with Crippen molar-refractivity contribution in [3.05, 3.63) is 108 Å². The zero-order valence-electron chi connectivity index (χ0n) is 22.9. The van der Waals surface area contributed by atoms with E-state index in [9.17, 15) is 14.4 Å². The van der Waals surface area contributed by atoms with Gasteiger partial charge in [0.15, 0.2) is 0 Å². The van der Waals surface area contributed by atoms with Gasteiger partial charge in [-0.25, -0.2) is 4.79 Å². The number of aromatic amines is 2. The lowest BCUT2D eigenvalue weighted by atomic mass is 10.0. The van der Waals surface area contributed by atoms with Crippen molar-refractivity contribution >= 4 is 52.2 Å². The molecule has 10 heteroatoms. The number of carbonyl (C=O) groups excluding carboxylic acids is 3. The van der Waals surface area contributed by atoms with Crippen molar-refractivity contribution in [3.63, 3.8) is 0 Å². The van der Waals surface area contributed by atoms with E-state index in [0.717, 1.165) is 38.5 Å². The van der Waals surface area contributed by atoms with Gasteiger partial charge in [0.2, 0.25) is 11.8 Å². The number of rotatable bonds is 12. The van der Waals surface area contributed by atoms with Crippen LogP contribution in [-0.4, -0.2) is 51.6 Å². The summed E-state index contributed by atoms with van der Waals surface area (Å²) in [4.78, 5) is 46.1. The number of para-hydroxylation sites is 2. The Morgan fingerprint density at radius 1 is 0.738 bits per heavy atom. The van der Waals surface area contributed by atoms with Gasteiger partial charge in [-0.3, -0.25) is 9.59 Å². The molecule has 0 bridgehead atoms. The molecule has 216 valence electrons. The molecule has 0 saturated carbocycles.